The van der Waals surface area contributed by atoms with Crippen LogP contribution in [-0.4, -0.2) is 29.2 Å². The number of hydrogen-bond acceptors (Lipinski definition) is 5. The van der Waals surface area contributed by atoms with Crippen LogP contribution in [0.2, 0.25) is 0 Å². The first-order valence-corrected chi connectivity index (χ1v) is 13.3. The molecule has 8 heteroatoms. The third kappa shape index (κ3) is 7.63. The van der Waals surface area contributed by atoms with Crippen LogP contribution in [0.4, 0.5) is 8.78 Å². The van der Waals surface area contributed by atoms with E-state index in [1.807, 2.05) is 24.3 Å². The Hall–Kier alpha value is -3.85. The Balaban J connectivity index is 0.000000152. The van der Waals surface area contributed by atoms with E-state index in [4.69, 9.17) is 14.6 Å². The maximum Gasteiger partial charge on any atom is 0.170 e. The molecule has 6 rings (SSSR count). The van der Waals surface area contributed by atoms with E-state index in [1.165, 1.54) is 24.3 Å². The Kier molecular flexibility index (Phi) is 10.2. The number of ether oxygens (including phenoxy) is 2. The molecule has 0 spiro atoms. The minimum absolute atomic E-state index is 0.00994. The average molecular weight is 609 g/mol. The van der Waals surface area contributed by atoms with Crippen LogP contribution >= 0.6 is 15.9 Å². The summed E-state index contributed by atoms with van der Waals surface area (Å²) in [4.78, 5) is 11.4. The predicted octanol–water partition coefficient (Wildman–Crippen LogP) is 6.87. The Morgan fingerprint density at radius 2 is 1.27 bits per heavy atom. The van der Waals surface area contributed by atoms with Gasteiger partial charge in [-0.05, 0) is 89.0 Å². The smallest absolute Gasteiger partial charge is 0.170 e. The molecule has 0 radical (unpaired) electrons. The quantitative estimate of drug-likeness (QED) is 0.265. The summed E-state index contributed by atoms with van der Waals surface area (Å²) in [5.74, 6) is 1.07. The summed E-state index contributed by atoms with van der Waals surface area (Å²) in [6.45, 7) is 0.910. The van der Waals surface area contributed by atoms with E-state index >= 15 is 0 Å². The molecule has 5 nitrogen and oxygen atoms in total. The average Bonchev–Trinajstić information content (AvgIpc) is 2.99. The maximum absolute atomic E-state index is 13.0. The van der Waals surface area contributed by atoms with Crippen molar-refractivity contribution in [3.8, 4) is 11.5 Å². The predicted molar refractivity (Wildman–Crippen MR) is 152 cm³/mol. The molecule has 0 bridgehead atoms. The van der Waals surface area contributed by atoms with E-state index in [2.05, 4.69) is 15.9 Å². The van der Waals surface area contributed by atoms with Gasteiger partial charge < -0.3 is 19.7 Å². The summed E-state index contributed by atoms with van der Waals surface area (Å²) in [6, 6.07) is 23.3. The van der Waals surface area contributed by atoms with Gasteiger partial charge in [-0.25, -0.2) is 8.78 Å². The van der Waals surface area contributed by atoms with Gasteiger partial charge in [-0.2, -0.15) is 0 Å². The molecule has 0 amide bonds. The number of ketones is 1. The zero-order valence-corrected chi connectivity index (χ0v) is 23.0. The SMILES string of the molecule is Fc1ccc(Br)cc1.O=C1CCOc2ccc(CO)cc21.OCc1ccc2c(c1)C(c1ccc(F)cc1)=CCO2. The topological polar surface area (TPSA) is 76.0 Å². The molecule has 206 valence electrons. The van der Waals surface area contributed by atoms with Crippen molar-refractivity contribution >= 4 is 27.3 Å². The van der Waals surface area contributed by atoms with Gasteiger partial charge in [0.15, 0.2) is 5.78 Å². The van der Waals surface area contributed by atoms with Crippen molar-refractivity contribution < 1.29 is 33.3 Å². The van der Waals surface area contributed by atoms with Crippen molar-refractivity contribution in [3.05, 3.63) is 135 Å². The lowest BCUT2D eigenvalue weighted by atomic mass is 9.94. The largest absolute Gasteiger partial charge is 0.492 e. The molecule has 0 aliphatic carbocycles. The molecule has 4 aromatic carbocycles. The lowest BCUT2D eigenvalue weighted by Crippen LogP contribution is -2.15. The van der Waals surface area contributed by atoms with Gasteiger partial charge in [-0.15, -0.1) is 0 Å². The molecule has 0 unspecified atom stereocenters. The van der Waals surface area contributed by atoms with Crippen molar-refractivity contribution in [2.24, 2.45) is 0 Å². The fourth-order valence-corrected chi connectivity index (χ4v) is 4.34. The first kappa shape index (κ1) is 29.1. The highest BCUT2D eigenvalue weighted by molar-refractivity contribution is 9.10. The van der Waals surface area contributed by atoms with E-state index in [1.54, 1.807) is 42.5 Å². The number of aliphatic hydroxyl groups excluding tert-OH is 2. The van der Waals surface area contributed by atoms with Gasteiger partial charge in [0, 0.05) is 16.5 Å². The number of fused-ring (bicyclic) bond motifs is 2. The van der Waals surface area contributed by atoms with Gasteiger partial charge in [0.1, 0.15) is 29.7 Å². The number of carbonyl (C=O) groups excluding carboxylic acids is 1. The summed E-state index contributed by atoms with van der Waals surface area (Å²) in [6.07, 6.45) is 2.40. The summed E-state index contributed by atoms with van der Waals surface area (Å²) in [5.41, 5.74) is 5.06. The number of rotatable bonds is 3. The number of aliphatic hydroxyl groups is 2. The van der Waals surface area contributed by atoms with Crippen LogP contribution in [0.25, 0.3) is 5.57 Å². The van der Waals surface area contributed by atoms with Crippen molar-refractivity contribution in [3.63, 3.8) is 0 Å². The Morgan fingerprint density at radius 1 is 0.725 bits per heavy atom. The fraction of sp³-hybridized carbons (Fsp3) is 0.156. The lowest BCUT2D eigenvalue weighted by molar-refractivity contribution is 0.0933. The maximum atomic E-state index is 13.0. The zero-order valence-electron chi connectivity index (χ0n) is 21.4. The summed E-state index contributed by atoms with van der Waals surface area (Å²) in [5, 5.41) is 18.1. The highest BCUT2D eigenvalue weighted by Crippen LogP contribution is 2.35. The molecular formula is C32H27BrF2O5. The normalized spacial score (nSPS) is 13.1. The lowest BCUT2D eigenvalue weighted by Gasteiger charge is -2.19. The van der Waals surface area contributed by atoms with Crippen LogP contribution in [0.5, 0.6) is 11.5 Å². The molecule has 0 aromatic heterocycles. The van der Waals surface area contributed by atoms with E-state index < -0.39 is 0 Å². The van der Waals surface area contributed by atoms with Crippen LogP contribution in [0.15, 0.2) is 95.5 Å². The van der Waals surface area contributed by atoms with Gasteiger partial charge in [-0.1, -0.05) is 40.2 Å². The third-order valence-corrected chi connectivity index (χ3v) is 6.64. The van der Waals surface area contributed by atoms with Crippen molar-refractivity contribution in [2.75, 3.05) is 13.2 Å². The van der Waals surface area contributed by atoms with E-state index in [-0.39, 0.29) is 30.6 Å². The number of carbonyl (C=O) groups is 1. The summed E-state index contributed by atoms with van der Waals surface area (Å²) >= 11 is 3.18. The third-order valence-electron chi connectivity index (χ3n) is 6.12. The minimum Gasteiger partial charge on any atom is -0.492 e. The Labute approximate surface area is 239 Å². The van der Waals surface area contributed by atoms with Gasteiger partial charge in [-0.3, -0.25) is 4.79 Å². The van der Waals surface area contributed by atoms with Gasteiger partial charge in [0.2, 0.25) is 0 Å². The molecule has 4 aromatic rings. The first-order valence-electron chi connectivity index (χ1n) is 12.5. The van der Waals surface area contributed by atoms with Crippen LogP contribution in [0.3, 0.4) is 0 Å². The fourth-order valence-electron chi connectivity index (χ4n) is 4.08. The molecule has 40 heavy (non-hydrogen) atoms. The van der Waals surface area contributed by atoms with E-state index in [0.717, 1.165) is 38.0 Å². The second-order valence-electron chi connectivity index (χ2n) is 8.87. The summed E-state index contributed by atoms with van der Waals surface area (Å²) in [7, 11) is 0. The van der Waals surface area contributed by atoms with Gasteiger partial charge in [0.05, 0.1) is 25.4 Å². The molecule has 0 atom stereocenters. The van der Waals surface area contributed by atoms with Crippen molar-refractivity contribution in [2.45, 2.75) is 19.6 Å². The van der Waals surface area contributed by atoms with Crippen molar-refractivity contribution in [1.82, 2.24) is 0 Å². The van der Waals surface area contributed by atoms with Crippen molar-refractivity contribution in [1.29, 1.82) is 0 Å². The number of halogens is 3. The van der Waals surface area contributed by atoms with Crippen LogP contribution in [0, 0.1) is 11.6 Å². The highest BCUT2D eigenvalue weighted by Gasteiger charge is 2.18. The Morgan fingerprint density at radius 3 is 1.85 bits per heavy atom. The highest BCUT2D eigenvalue weighted by atomic mass is 79.9. The van der Waals surface area contributed by atoms with E-state index in [0.29, 0.717) is 30.9 Å². The van der Waals surface area contributed by atoms with Crippen LogP contribution in [-0.2, 0) is 13.2 Å². The summed E-state index contributed by atoms with van der Waals surface area (Å²) < 4.78 is 36.8. The number of Topliss-reactive ketones (excluding diaryl/α,β-unsaturated/α-hetero) is 1. The zero-order chi connectivity index (χ0) is 28.5. The molecule has 0 saturated carbocycles. The molecule has 2 N–H and O–H groups in total. The second kappa shape index (κ2) is 14.0. The van der Waals surface area contributed by atoms with Crippen LogP contribution < -0.4 is 9.47 Å². The second-order valence-corrected chi connectivity index (χ2v) is 9.79. The number of hydrogen-bond donors (Lipinski definition) is 2. The monoisotopic (exact) mass is 608 g/mol. The van der Waals surface area contributed by atoms with Gasteiger partial charge in [0.25, 0.3) is 0 Å². The standard InChI is InChI=1S/C16H13FO2.C10H10O3.C6H4BrF/c17-13-4-2-12(3-5-13)14-7-8-19-16-6-1-11(10-18)9-15(14)16;11-6-7-1-2-10-8(5-7)9(12)3-4-13-10;7-5-1-3-6(8)4-2-5/h1-7,9,18H,8,10H2;1-2,5,11H,3-4,6H2;1-4H. The van der Waals surface area contributed by atoms with E-state index in [9.17, 15) is 18.7 Å². The molecule has 0 fully saturated rings. The number of benzene rings is 4. The first-order chi connectivity index (χ1) is 19.4. The molecule has 2 aliphatic rings. The molecule has 2 aliphatic heterocycles. The minimum atomic E-state index is -0.249. The van der Waals surface area contributed by atoms with Crippen LogP contribution in [0.1, 0.15) is 39.0 Å². The Bertz CT molecular complexity index is 1460. The molecule has 2 heterocycles. The van der Waals surface area contributed by atoms with Gasteiger partial charge >= 0.3 is 0 Å². The molecule has 0 saturated heterocycles. The molecular weight excluding hydrogens is 582 g/mol.